The molecule has 0 unspecified atom stereocenters. The van der Waals surface area contributed by atoms with Crippen LogP contribution in [0.1, 0.15) is 35.1 Å². The van der Waals surface area contributed by atoms with Crippen LogP contribution in [0.4, 0.5) is 17.6 Å². The van der Waals surface area contributed by atoms with Gasteiger partial charge in [0.2, 0.25) is 11.8 Å². The van der Waals surface area contributed by atoms with Crippen LogP contribution < -0.4 is 14.8 Å². The average Bonchev–Trinajstić information content (AvgIpc) is 3.87. The van der Waals surface area contributed by atoms with Crippen molar-refractivity contribution in [2.24, 2.45) is 0 Å². The molecule has 0 spiro atoms. The van der Waals surface area contributed by atoms with E-state index in [1.54, 1.807) is 0 Å². The van der Waals surface area contributed by atoms with E-state index in [0.717, 1.165) is 28.7 Å². The quantitative estimate of drug-likeness (QED) is 0.101. The van der Waals surface area contributed by atoms with Crippen LogP contribution in [0.15, 0.2) is 69.5 Å². The second-order valence-electron chi connectivity index (χ2n) is 12.0. The predicted molar refractivity (Wildman–Crippen MR) is 177 cm³/mol. The summed E-state index contributed by atoms with van der Waals surface area (Å²) in [4.78, 5) is 21.7. The van der Waals surface area contributed by atoms with E-state index >= 15 is 0 Å². The van der Waals surface area contributed by atoms with Crippen LogP contribution in [-0.4, -0.2) is 46.9 Å². The number of oxazole rings is 2. The fourth-order valence-electron chi connectivity index (χ4n) is 6.33. The Morgan fingerprint density at radius 1 is 0.824 bits per heavy atom. The molecule has 0 saturated carbocycles. The Balaban J connectivity index is 1.22. The van der Waals surface area contributed by atoms with Gasteiger partial charge in [0.15, 0.2) is 11.2 Å². The Morgan fingerprint density at radius 3 is 1.82 bits per heavy atom. The van der Waals surface area contributed by atoms with Crippen molar-refractivity contribution in [2.45, 2.75) is 59.2 Å². The lowest BCUT2D eigenvalue weighted by molar-refractivity contribution is -0.147. The third kappa shape index (κ3) is 6.84. The third-order valence-corrected chi connectivity index (χ3v) is 8.88. The highest BCUT2D eigenvalue weighted by molar-refractivity contribution is 5.85. The molecule has 2 aromatic heterocycles. The molecule has 1 aliphatic heterocycles. The van der Waals surface area contributed by atoms with Crippen molar-refractivity contribution < 1.29 is 50.5 Å². The Bertz CT molecular complexity index is 2250. The van der Waals surface area contributed by atoms with Crippen LogP contribution in [0.5, 0.6) is 11.5 Å². The summed E-state index contributed by atoms with van der Waals surface area (Å²) >= 11 is 0. The number of carbonyl (C=O) groups is 1. The maximum atomic E-state index is 13.4. The summed E-state index contributed by atoms with van der Waals surface area (Å²) in [5, 5.41) is 12.7. The number of carbonyl (C=O) groups excluding carboxylic acids is 1. The maximum absolute atomic E-state index is 13.4. The normalized spacial score (nSPS) is 14.6. The molecular formula is C37H31F4N3O7. The zero-order chi connectivity index (χ0) is 35.8. The van der Waals surface area contributed by atoms with E-state index in [0.29, 0.717) is 35.1 Å². The first-order valence-corrected chi connectivity index (χ1v) is 16.1. The molecule has 264 valence electrons. The predicted octanol–water partition coefficient (Wildman–Crippen LogP) is 8.08. The second kappa shape index (κ2) is 14.0. The van der Waals surface area contributed by atoms with E-state index in [2.05, 4.69) is 20.0 Å². The fourth-order valence-corrected chi connectivity index (χ4v) is 6.33. The lowest BCUT2D eigenvalue weighted by Gasteiger charge is -2.14. The highest BCUT2D eigenvalue weighted by Crippen LogP contribution is 2.39. The number of hydrogen-bond acceptors (Lipinski definition) is 10. The molecule has 7 rings (SSSR count). The number of halogens is 4. The molecule has 1 atom stereocenters. The van der Waals surface area contributed by atoms with E-state index < -0.39 is 31.8 Å². The Labute approximate surface area is 288 Å². The first kappa shape index (κ1) is 34.0. The molecule has 6 aromatic rings. The first-order valence-electron chi connectivity index (χ1n) is 16.1. The van der Waals surface area contributed by atoms with E-state index in [4.69, 9.17) is 18.3 Å². The van der Waals surface area contributed by atoms with Gasteiger partial charge in [-0.25, -0.2) is 9.97 Å². The molecule has 1 saturated heterocycles. The van der Waals surface area contributed by atoms with Gasteiger partial charge >= 0.3 is 19.2 Å². The van der Waals surface area contributed by atoms with Gasteiger partial charge in [0.1, 0.15) is 35.2 Å². The second-order valence-corrected chi connectivity index (χ2v) is 12.0. The average molecular weight is 706 g/mol. The van der Waals surface area contributed by atoms with Gasteiger partial charge in [-0.1, -0.05) is 24.3 Å². The van der Waals surface area contributed by atoms with Crippen LogP contribution in [0.3, 0.4) is 0 Å². The summed E-state index contributed by atoms with van der Waals surface area (Å²) < 4.78 is 79.4. The van der Waals surface area contributed by atoms with Crippen molar-refractivity contribution in [2.75, 3.05) is 6.54 Å². The summed E-state index contributed by atoms with van der Waals surface area (Å²) in [6.45, 7) is -2.49. The molecule has 3 heterocycles. The highest BCUT2D eigenvalue weighted by Gasteiger charge is 2.25. The number of benzene rings is 4. The molecule has 14 heteroatoms. The summed E-state index contributed by atoms with van der Waals surface area (Å²) in [5.41, 5.74) is 6.13. The molecule has 1 aliphatic rings. The molecular weight excluding hydrogens is 674 g/mol. The molecule has 0 aliphatic carbocycles. The van der Waals surface area contributed by atoms with Crippen molar-refractivity contribution in [1.29, 1.82) is 0 Å². The summed E-state index contributed by atoms with van der Waals surface area (Å²) in [5.74, 6) is -0.364. The van der Waals surface area contributed by atoms with Gasteiger partial charge in [-0.05, 0) is 79.8 Å². The van der Waals surface area contributed by atoms with Crippen LogP contribution in [0, 0.1) is 13.8 Å². The minimum Gasteiger partial charge on any atom is -0.460 e. The summed E-state index contributed by atoms with van der Waals surface area (Å²) in [6.07, 6.45) is 1.48. The summed E-state index contributed by atoms with van der Waals surface area (Å²) in [6, 6.07) is 16.3. The van der Waals surface area contributed by atoms with Crippen LogP contribution in [-0.2, 0) is 22.7 Å². The number of fused-ring (bicyclic) bond motifs is 2. The van der Waals surface area contributed by atoms with Gasteiger partial charge in [-0.15, -0.1) is 0 Å². The molecule has 1 fully saturated rings. The molecule has 4 aromatic carbocycles. The molecule has 2 N–H and O–H groups in total. The van der Waals surface area contributed by atoms with E-state index in [-0.39, 0.29) is 52.2 Å². The zero-order valence-corrected chi connectivity index (χ0v) is 27.3. The standard InChI is InChI=1S/C37H31F4N3O7/c1-18-22(6-3-8-24(18)33-43-27-12-20(16-45)29(50-36(38)39)14-31(27)48-33)23-7-4-9-25(19(23)2)34-44-28-13-21(17-47-35(46)26-10-5-11-42-26)30(51-37(40)41)15-32(28)49-34/h3-4,6-9,12-15,26,36-37,42,45H,5,10-11,16-17H2,1-2H3/t26-/m0/s1. The van der Waals surface area contributed by atoms with Gasteiger partial charge in [0.25, 0.3) is 0 Å². The van der Waals surface area contributed by atoms with Crippen LogP contribution >= 0.6 is 0 Å². The maximum Gasteiger partial charge on any atom is 0.387 e. The van der Waals surface area contributed by atoms with Crippen molar-refractivity contribution in [1.82, 2.24) is 15.3 Å². The van der Waals surface area contributed by atoms with E-state index in [9.17, 15) is 27.5 Å². The smallest absolute Gasteiger partial charge is 0.387 e. The minimum atomic E-state index is -3.11. The van der Waals surface area contributed by atoms with Crippen molar-refractivity contribution >= 4 is 28.2 Å². The molecule has 0 bridgehead atoms. The van der Waals surface area contributed by atoms with Crippen molar-refractivity contribution in [3.05, 3.63) is 82.9 Å². The Hall–Kier alpha value is -5.47. The number of rotatable bonds is 11. The lowest BCUT2D eigenvalue weighted by atomic mass is 9.91. The van der Waals surface area contributed by atoms with Crippen LogP contribution in [0.2, 0.25) is 0 Å². The lowest BCUT2D eigenvalue weighted by Crippen LogP contribution is -2.32. The number of nitrogens with one attached hydrogen (secondary N) is 1. The van der Waals surface area contributed by atoms with E-state index in [1.807, 2.05) is 50.2 Å². The number of aliphatic hydroxyl groups excluding tert-OH is 1. The zero-order valence-electron chi connectivity index (χ0n) is 27.3. The van der Waals surface area contributed by atoms with Gasteiger partial charge < -0.3 is 33.5 Å². The largest absolute Gasteiger partial charge is 0.460 e. The highest BCUT2D eigenvalue weighted by atomic mass is 19.3. The first-order chi connectivity index (χ1) is 24.6. The number of alkyl halides is 4. The van der Waals surface area contributed by atoms with E-state index in [1.165, 1.54) is 24.3 Å². The van der Waals surface area contributed by atoms with Gasteiger partial charge in [0.05, 0.1) is 6.61 Å². The fraction of sp³-hybridized carbons (Fsp3) is 0.270. The SMILES string of the molecule is Cc1c(-c2nc3cc(CO)c(OC(F)F)cc3o2)cccc1-c1cccc(-c2nc3cc(COC(=O)[C@@H]4CCCN4)c(OC(F)F)cc3o2)c1C. The van der Waals surface area contributed by atoms with Gasteiger partial charge in [-0.2, -0.15) is 17.6 Å². The van der Waals surface area contributed by atoms with Crippen LogP contribution in [0.25, 0.3) is 56.2 Å². The minimum absolute atomic E-state index is 0.147. The third-order valence-electron chi connectivity index (χ3n) is 8.88. The topological polar surface area (TPSA) is 129 Å². The molecule has 0 amide bonds. The van der Waals surface area contributed by atoms with Gasteiger partial charge in [0, 0.05) is 34.4 Å². The molecule has 51 heavy (non-hydrogen) atoms. The van der Waals surface area contributed by atoms with Gasteiger partial charge in [-0.3, -0.25) is 4.79 Å². The number of aliphatic hydroxyl groups is 1. The number of esters is 1. The monoisotopic (exact) mass is 705 g/mol. The Morgan fingerprint density at radius 2 is 1.33 bits per heavy atom. The number of hydrogen-bond donors (Lipinski definition) is 2. The Kier molecular flexibility index (Phi) is 9.36. The number of nitrogens with zero attached hydrogens (tertiary/aromatic N) is 2. The molecule has 10 nitrogen and oxygen atoms in total. The summed E-state index contributed by atoms with van der Waals surface area (Å²) in [7, 11) is 0. The molecule has 0 radical (unpaired) electrons. The number of aromatic nitrogens is 2. The van der Waals surface area contributed by atoms with Crippen molar-refractivity contribution in [3.8, 4) is 45.5 Å². The number of ether oxygens (including phenoxy) is 3. The van der Waals surface area contributed by atoms with Crippen molar-refractivity contribution in [3.63, 3.8) is 0 Å².